The fourth-order valence-corrected chi connectivity index (χ4v) is 5.77. The van der Waals surface area contributed by atoms with Gasteiger partial charge < -0.3 is 19.7 Å². The molecule has 0 aromatic heterocycles. The molecule has 0 fully saturated rings. The standard InChI is InChI=1S/C30H34FN3O6S/c1-3-4-16-32-30(36)22(2)33(20-23-10-12-24(31)13-11-23)29(35)21-34(41(37,38)26-8-6-5-7-9-26)25-14-15-27-28(19-25)40-18-17-39-27/h5-15,19,22H,3-4,16-18,20-21H2,1-2H3,(H,32,36)/t22-/m0/s1. The van der Waals surface area contributed by atoms with Crippen LogP contribution in [0.15, 0.2) is 77.7 Å². The predicted octanol–water partition coefficient (Wildman–Crippen LogP) is 4.13. The number of unbranched alkanes of at least 4 members (excludes halogenated alkanes) is 1. The van der Waals surface area contributed by atoms with Gasteiger partial charge in [0.1, 0.15) is 31.6 Å². The molecule has 0 saturated heterocycles. The van der Waals surface area contributed by atoms with Crippen LogP contribution in [0, 0.1) is 5.82 Å². The molecule has 4 rings (SSSR count). The molecule has 2 amide bonds. The van der Waals surface area contributed by atoms with Crippen LogP contribution in [0.5, 0.6) is 11.5 Å². The lowest BCUT2D eigenvalue weighted by molar-refractivity contribution is -0.139. The van der Waals surface area contributed by atoms with Crippen molar-refractivity contribution in [2.24, 2.45) is 0 Å². The maximum absolute atomic E-state index is 14.0. The summed E-state index contributed by atoms with van der Waals surface area (Å²) in [5, 5.41) is 2.83. The van der Waals surface area contributed by atoms with Crippen LogP contribution in [-0.2, 0) is 26.2 Å². The number of nitrogens with zero attached hydrogens (tertiary/aromatic N) is 2. The summed E-state index contributed by atoms with van der Waals surface area (Å²) in [5.41, 5.74) is 0.790. The first-order chi connectivity index (χ1) is 19.7. The van der Waals surface area contributed by atoms with Crippen LogP contribution in [0.4, 0.5) is 10.1 Å². The third-order valence-electron chi connectivity index (χ3n) is 6.69. The van der Waals surface area contributed by atoms with Gasteiger partial charge in [0, 0.05) is 19.2 Å². The van der Waals surface area contributed by atoms with Crippen molar-refractivity contribution < 1.29 is 31.9 Å². The van der Waals surface area contributed by atoms with E-state index in [1.54, 1.807) is 37.3 Å². The number of fused-ring (bicyclic) bond motifs is 1. The van der Waals surface area contributed by atoms with Gasteiger partial charge in [-0.2, -0.15) is 0 Å². The Kier molecular flexibility index (Phi) is 9.82. The minimum absolute atomic E-state index is 0.00173. The average molecular weight is 584 g/mol. The van der Waals surface area contributed by atoms with Crippen molar-refractivity contribution in [1.82, 2.24) is 10.2 Å². The number of hydrogen-bond donors (Lipinski definition) is 1. The maximum Gasteiger partial charge on any atom is 0.264 e. The Morgan fingerprint density at radius 3 is 2.34 bits per heavy atom. The number of sulfonamides is 1. The summed E-state index contributed by atoms with van der Waals surface area (Å²) in [6.45, 7) is 4.09. The zero-order valence-electron chi connectivity index (χ0n) is 23.1. The van der Waals surface area contributed by atoms with E-state index in [2.05, 4.69) is 5.32 Å². The van der Waals surface area contributed by atoms with Crippen molar-refractivity contribution in [2.75, 3.05) is 30.6 Å². The normalized spacial score (nSPS) is 13.2. The van der Waals surface area contributed by atoms with Crippen molar-refractivity contribution >= 4 is 27.5 Å². The Labute approximate surface area is 239 Å². The lowest BCUT2D eigenvalue weighted by atomic mass is 10.1. The second kappa shape index (κ2) is 13.5. The third-order valence-corrected chi connectivity index (χ3v) is 8.47. The summed E-state index contributed by atoms with van der Waals surface area (Å²) in [7, 11) is -4.21. The molecule has 1 aliphatic heterocycles. The van der Waals surface area contributed by atoms with Crippen LogP contribution in [0.25, 0.3) is 0 Å². The van der Waals surface area contributed by atoms with E-state index in [1.165, 1.54) is 47.4 Å². The largest absolute Gasteiger partial charge is 0.486 e. The number of nitrogens with one attached hydrogen (secondary N) is 1. The number of halogens is 1. The molecule has 1 atom stereocenters. The Morgan fingerprint density at radius 1 is 0.976 bits per heavy atom. The van der Waals surface area contributed by atoms with Gasteiger partial charge in [0.05, 0.1) is 10.6 Å². The van der Waals surface area contributed by atoms with E-state index in [0.717, 1.165) is 17.1 Å². The number of carbonyl (C=O) groups is 2. The lowest BCUT2D eigenvalue weighted by Gasteiger charge is -2.32. The molecule has 0 bridgehead atoms. The van der Waals surface area contributed by atoms with Crippen molar-refractivity contribution in [3.8, 4) is 11.5 Å². The first kappa shape index (κ1) is 29.9. The Bertz CT molecular complexity index is 1450. The monoisotopic (exact) mass is 583 g/mol. The van der Waals surface area contributed by atoms with Gasteiger partial charge in [0.2, 0.25) is 11.8 Å². The van der Waals surface area contributed by atoms with Crippen LogP contribution in [0.1, 0.15) is 32.3 Å². The quantitative estimate of drug-likeness (QED) is 0.322. The molecular weight excluding hydrogens is 549 g/mol. The van der Waals surface area contributed by atoms with Crippen LogP contribution >= 0.6 is 0 Å². The van der Waals surface area contributed by atoms with Crippen molar-refractivity contribution in [2.45, 2.75) is 44.2 Å². The molecule has 3 aromatic carbocycles. The van der Waals surface area contributed by atoms with Gasteiger partial charge in [0.15, 0.2) is 11.5 Å². The van der Waals surface area contributed by atoms with E-state index in [4.69, 9.17) is 9.47 Å². The zero-order valence-corrected chi connectivity index (χ0v) is 23.9. The molecule has 0 radical (unpaired) electrons. The van der Waals surface area contributed by atoms with Gasteiger partial charge in [-0.3, -0.25) is 13.9 Å². The molecule has 11 heteroatoms. The molecule has 1 N–H and O–H groups in total. The smallest absolute Gasteiger partial charge is 0.264 e. The first-order valence-electron chi connectivity index (χ1n) is 13.5. The van der Waals surface area contributed by atoms with Crippen LogP contribution in [-0.4, -0.2) is 57.5 Å². The fraction of sp³-hybridized carbons (Fsp3) is 0.333. The third kappa shape index (κ3) is 7.35. The molecule has 3 aromatic rings. The minimum atomic E-state index is -4.21. The minimum Gasteiger partial charge on any atom is -0.486 e. The van der Waals surface area contributed by atoms with Gasteiger partial charge in [0.25, 0.3) is 10.0 Å². The maximum atomic E-state index is 14.0. The molecular formula is C30H34FN3O6S. The summed E-state index contributed by atoms with van der Waals surface area (Å²) >= 11 is 0. The number of anilines is 1. The number of amides is 2. The van der Waals surface area contributed by atoms with E-state index < -0.39 is 34.3 Å². The number of ether oxygens (including phenoxy) is 2. The SMILES string of the molecule is CCCCNC(=O)[C@H](C)N(Cc1ccc(F)cc1)C(=O)CN(c1ccc2c(c1)OCCO2)S(=O)(=O)c1ccccc1. The van der Waals surface area contributed by atoms with E-state index in [-0.39, 0.29) is 23.0 Å². The van der Waals surface area contributed by atoms with E-state index in [1.807, 2.05) is 6.92 Å². The molecule has 41 heavy (non-hydrogen) atoms. The molecule has 1 aliphatic rings. The summed E-state index contributed by atoms with van der Waals surface area (Å²) in [5.74, 6) is -0.580. The Morgan fingerprint density at radius 2 is 1.66 bits per heavy atom. The highest BCUT2D eigenvalue weighted by molar-refractivity contribution is 7.92. The van der Waals surface area contributed by atoms with E-state index in [9.17, 15) is 22.4 Å². The van der Waals surface area contributed by atoms with Crippen LogP contribution in [0.2, 0.25) is 0 Å². The van der Waals surface area contributed by atoms with Gasteiger partial charge in [-0.25, -0.2) is 12.8 Å². The summed E-state index contributed by atoms with van der Waals surface area (Å²) in [6.07, 6.45) is 1.66. The number of hydrogen-bond acceptors (Lipinski definition) is 6. The van der Waals surface area contributed by atoms with Crippen molar-refractivity contribution in [3.63, 3.8) is 0 Å². The highest BCUT2D eigenvalue weighted by Crippen LogP contribution is 2.36. The molecule has 0 aliphatic carbocycles. The number of carbonyl (C=O) groups excluding carboxylic acids is 2. The average Bonchev–Trinajstić information content (AvgIpc) is 2.99. The van der Waals surface area contributed by atoms with E-state index >= 15 is 0 Å². The second-order valence-electron chi connectivity index (χ2n) is 9.62. The lowest BCUT2D eigenvalue weighted by Crippen LogP contribution is -2.51. The van der Waals surface area contributed by atoms with Crippen molar-refractivity contribution in [3.05, 3.63) is 84.2 Å². The summed E-state index contributed by atoms with van der Waals surface area (Å²) in [6, 6.07) is 17.1. The molecule has 1 heterocycles. The van der Waals surface area contributed by atoms with Crippen molar-refractivity contribution in [1.29, 1.82) is 0 Å². The predicted molar refractivity (Wildman–Crippen MR) is 153 cm³/mol. The van der Waals surface area contributed by atoms with Crippen LogP contribution < -0.4 is 19.1 Å². The van der Waals surface area contributed by atoms with E-state index in [0.29, 0.717) is 36.8 Å². The molecule has 0 unspecified atom stereocenters. The molecule has 9 nitrogen and oxygen atoms in total. The highest BCUT2D eigenvalue weighted by Gasteiger charge is 2.33. The molecule has 218 valence electrons. The van der Waals surface area contributed by atoms with Gasteiger partial charge in [-0.05, 0) is 55.3 Å². The number of rotatable bonds is 12. The van der Waals surface area contributed by atoms with Gasteiger partial charge in [-0.15, -0.1) is 0 Å². The summed E-state index contributed by atoms with van der Waals surface area (Å²) in [4.78, 5) is 28.3. The summed E-state index contributed by atoms with van der Waals surface area (Å²) < 4.78 is 53.6. The number of benzene rings is 3. The molecule has 0 spiro atoms. The highest BCUT2D eigenvalue weighted by atomic mass is 32.2. The first-order valence-corrected chi connectivity index (χ1v) is 14.9. The second-order valence-corrected chi connectivity index (χ2v) is 11.5. The Balaban J connectivity index is 1.70. The topological polar surface area (TPSA) is 105 Å². The van der Waals surface area contributed by atoms with Crippen LogP contribution in [0.3, 0.4) is 0 Å². The fourth-order valence-electron chi connectivity index (χ4n) is 4.34. The zero-order chi connectivity index (χ0) is 29.4. The Hall–Kier alpha value is -4.12. The molecule has 0 saturated carbocycles. The van der Waals surface area contributed by atoms with Gasteiger partial charge >= 0.3 is 0 Å². The van der Waals surface area contributed by atoms with Gasteiger partial charge in [-0.1, -0.05) is 43.7 Å².